The highest BCUT2D eigenvalue weighted by molar-refractivity contribution is 5.45. The van der Waals surface area contributed by atoms with E-state index in [1.165, 1.54) is 13.0 Å². The van der Waals surface area contributed by atoms with E-state index in [4.69, 9.17) is 0 Å². The predicted molar refractivity (Wildman–Crippen MR) is 119 cm³/mol. The maximum Gasteiger partial charge on any atom is 0.416 e. The van der Waals surface area contributed by atoms with Crippen molar-refractivity contribution >= 4 is 0 Å². The maximum atomic E-state index is 14.9. The van der Waals surface area contributed by atoms with E-state index in [2.05, 4.69) is 10.1 Å². The van der Waals surface area contributed by atoms with Gasteiger partial charge in [-0.15, -0.1) is 0 Å². The van der Waals surface area contributed by atoms with Gasteiger partial charge in [-0.25, -0.2) is 4.39 Å². The molecule has 0 amide bonds. The normalized spacial score (nSPS) is 15.3. The van der Waals surface area contributed by atoms with Gasteiger partial charge >= 0.3 is 12.8 Å². The number of halogens is 6. The van der Waals surface area contributed by atoms with Crippen LogP contribution in [-0.2, 0) is 6.18 Å². The number of ether oxygens (including phenoxy) is 1. The molecular formula is C24H34F6N2O. The average molecular weight is 481 g/mol. The zero-order chi connectivity index (χ0) is 25.2. The summed E-state index contributed by atoms with van der Waals surface area (Å²) in [4.78, 5) is 1.74. The molecule has 0 aromatic heterocycles. The second kappa shape index (κ2) is 13.6. The van der Waals surface area contributed by atoms with Crippen molar-refractivity contribution in [1.82, 2.24) is 10.2 Å². The summed E-state index contributed by atoms with van der Waals surface area (Å²) in [5, 5.41) is 3.34. The largest absolute Gasteiger partial charge is 0.434 e. The molecule has 0 bridgehead atoms. The second-order valence-electron chi connectivity index (χ2n) is 8.00. The fourth-order valence-electron chi connectivity index (χ4n) is 3.44. The first-order valence-corrected chi connectivity index (χ1v) is 11.0. The van der Waals surface area contributed by atoms with E-state index < -0.39 is 36.0 Å². The van der Waals surface area contributed by atoms with E-state index in [1.807, 2.05) is 20.8 Å². The van der Waals surface area contributed by atoms with E-state index in [9.17, 15) is 26.3 Å². The van der Waals surface area contributed by atoms with Crippen LogP contribution >= 0.6 is 0 Å². The Kier molecular flexibility index (Phi) is 12.0. The fourth-order valence-corrected chi connectivity index (χ4v) is 3.44. The van der Waals surface area contributed by atoms with Crippen molar-refractivity contribution in [3.63, 3.8) is 0 Å². The molecule has 0 heterocycles. The van der Waals surface area contributed by atoms with Crippen LogP contribution in [0.25, 0.3) is 0 Å². The van der Waals surface area contributed by atoms with Crippen molar-refractivity contribution in [3.05, 3.63) is 52.9 Å². The smallest absolute Gasteiger partial charge is 0.416 e. The standard InChI is InChI=1S/C24H34F6N2O/c1-6-8-9-20(25)17(4)22(32(5)14-12-16(3)31-13-7-2)19-11-10-18(24(28,29)30)15-21(19)33-23(26)27/h8-11,15-16,22-23,31H,6-7,12-14H2,1-5H3/b9-8-,20-17-. The third kappa shape index (κ3) is 9.41. The highest BCUT2D eigenvalue weighted by atomic mass is 19.4. The molecule has 0 radical (unpaired) electrons. The van der Waals surface area contributed by atoms with Gasteiger partial charge < -0.3 is 10.1 Å². The van der Waals surface area contributed by atoms with Crippen molar-refractivity contribution in [2.75, 3.05) is 20.1 Å². The van der Waals surface area contributed by atoms with E-state index in [0.29, 0.717) is 25.5 Å². The molecular weight excluding hydrogens is 446 g/mol. The van der Waals surface area contributed by atoms with Gasteiger partial charge in [-0.3, -0.25) is 4.90 Å². The summed E-state index contributed by atoms with van der Waals surface area (Å²) >= 11 is 0. The Morgan fingerprint density at radius 2 is 1.88 bits per heavy atom. The molecule has 2 unspecified atom stereocenters. The lowest BCUT2D eigenvalue weighted by Gasteiger charge is -2.32. The van der Waals surface area contributed by atoms with Gasteiger partial charge in [0, 0.05) is 18.2 Å². The highest BCUT2D eigenvalue weighted by Crippen LogP contribution is 2.40. The Morgan fingerprint density at radius 1 is 1.21 bits per heavy atom. The van der Waals surface area contributed by atoms with Gasteiger partial charge in [0.25, 0.3) is 0 Å². The van der Waals surface area contributed by atoms with Crippen LogP contribution in [0.15, 0.2) is 41.8 Å². The van der Waals surface area contributed by atoms with Gasteiger partial charge in [0.2, 0.25) is 0 Å². The molecule has 33 heavy (non-hydrogen) atoms. The number of rotatable bonds is 13. The lowest BCUT2D eigenvalue weighted by atomic mass is 9.94. The molecule has 1 rings (SSSR count). The van der Waals surface area contributed by atoms with Crippen LogP contribution < -0.4 is 10.1 Å². The molecule has 188 valence electrons. The lowest BCUT2D eigenvalue weighted by molar-refractivity contribution is -0.138. The van der Waals surface area contributed by atoms with Gasteiger partial charge in [0.1, 0.15) is 11.6 Å². The summed E-state index contributed by atoms with van der Waals surface area (Å²) in [5.74, 6) is -1.20. The second-order valence-corrected chi connectivity index (χ2v) is 8.00. The molecule has 0 aliphatic carbocycles. The fraction of sp³-hybridized carbons (Fsp3) is 0.583. The van der Waals surface area contributed by atoms with Crippen LogP contribution in [0.3, 0.4) is 0 Å². The minimum Gasteiger partial charge on any atom is -0.434 e. The number of hydrogen-bond acceptors (Lipinski definition) is 3. The van der Waals surface area contributed by atoms with Crippen molar-refractivity contribution < 1.29 is 31.1 Å². The van der Waals surface area contributed by atoms with Crippen LogP contribution in [0.2, 0.25) is 0 Å². The zero-order valence-corrected chi connectivity index (χ0v) is 19.8. The first-order chi connectivity index (χ1) is 15.4. The number of nitrogens with zero attached hydrogens (tertiary/aromatic N) is 1. The maximum absolute atomic E-state index is 14.9. The Bertz CT molecular complexity index is 792. The van der Waals surface area contributed by atoms with Crippen LogP contribution in [0.5, 0.6) is 5.75 Å². The lowest BCUT2D eigenvalue weighted by Crippen LogP contribution is -2.34. The molecule has 1 N–H and O–H groups in total. The van der Waals surface area contributed by atoms with Crippen molar-refractivity contribution in [2.45, 2.75) is 71.8 Å². The summed E-state index contributed by atoms with van der Waals surface area (Å²) in [5.41, 5.74) is -0.888. The summed E-state index contributed by atoms with van der Waals surface area (Å²) in [6.07, 6.45) is 0.357. The molecule has 0 spiro atoms. The van der Waals surface area contributed by atoms with Crippen LogP contribution in [0, 0.1) is 0 Å². The minimum absolute atomic E-state index is 0.0394. The Labute approximate surface area is 192 Å². The monoisotopic (exact) mass is 480 g/mol. The molecule has 3 nitrogen and oxygen atoms in total. The molecule has 0 aliphatic heterocycles. The SMILES string of the molecule is CC/C=C\C(F)=C(/C)C(c1ccc(C(F)(F)F)cc1OC(F)F)N(C)CCC(C)NCCC. The third-order valence-electron chi connectivity index (χ3n) is 5.24. The molecule has 0 fully saturated rings. The zero-order valence-electron chi connectivity index (χ0n) is 19.8. The van der Waals surface area contributed by atoms with E-state index in [-0.39, 0.29) is 17.2 Å². The van der Waals surface area contributed by atoms with Gasteiger partial charge in [0.15, 0.2) is 0 Å². The number of nitrogens with one attached hydrogen (secondary N) is 1. The number of likely N-dealkylation sites (N-methyl/N-ethyl adjacent to an activating group) is 1. The Balaban J connectivity index is 3.47. The molecule has 0 saturated heterocycles. The van der Waals surface area contributed by atoms with E-state index >= 15 is 0 Å². The van der Waals surface area contributed by atoms with Crippen molar-refractivity contribution in [2.24, 2.45) is 0 Å². The number of benzene rings is 1. The van der Waals surface area contributed by atoms with E-state index in [0.717, 1.165) is 25.1 Å². The minimum atomic E-state index is -4.74. The summed E-state index contributed by atoms with van der Waals surface area (Å²) in [6.45, 7) is 5.31. The summed E-state index contributed by atoms with van der Waals surface area (Å²) in [7, 11) is 1.68. The Hall–Kier alpha value is -2.00. The first-order valence-electron chi connectivity index (χ1n) is 11.0. The number of allylic oxidation sites excluding steroid dienone is 3. The Morgan fingerprint density at radius 3 is 2.42 bits per heavy atom. The summed E-state index contributed by atoms with van der Waals surface area (Å²) < 4.78 is 85.1. The highest BCUT2D eigenvalue weighted by Gasteiger charge is 2.33. The van der Waals surface area contributed by atoms with Crippen molar-refractivity contribution in [1.29, 1.82) is 0 Å². The van der Waals surface area contributed by atoms with Crippen LogP contribution in [0.4, 0.5) is 26.3 Å². The number of alkyl halides is 5. The topological polar surface area (TPSA) is 24.5 Å². The number of hydrogen-bond donors (Lipinski definition) is 1. The molecule has 1 aromatic rings. The first kappa shape index (κ1) is 29.0. The molecule has 1 aromatic carbocycles. The average Bonchev–Trinajstić information content (AvgIpc) is 2.74. The van der Waals surface area contributed by atoms with E-state index in [1.54, 1.807) is 18.0 Å². The third-order valence-corrected chi connectivity index (χ3v) is 5.24. The molecule has 9 heteroatoms. The summed E-state index contributed by atoms with van der Waals surface area (Å²) in [6, 6.07) is 1.67. The predicted octanol–water partition coefficient (Wildman–Crippen LogP) is 7.27. The van der Waals surface area contributed by atoms with Gasteiger partial charge in [-0.1, -0.05) is 26.0 Å². The van der Waals surface area contributed by atoms with Gasteiger partial charge in [0.05, 0.1) is 11.6 Å². The molecule has 0 saturated carbocycles. The quantitative estimate of drug-likeness (QED) is 0.237. The van der Waals surface area contributed by atoms with Crippen LogP contribution in [-0.4, -0.2) is 37.7 Å². The van der Waals surface area contributed by atoms with Crippen LogP contribution in [0.1, 0.15) is 64.1 Å². The molecule has 2 atom stereocenters. The van der Waals surface area contributed by atoms with Gasteiger partial charge in [-0.05, 0) is 70.5 Å². The molecule has 0 aliphatic rings. The van der Waals surface area contributed by atoms with Crippen molar-refractivity contribution in [3.8, 4) is 5.75 Å². The van der Waals surface area contributed by atoms with Gasteiger partial charge in [-0.2, -0.15) is 22.0 Å².